The molecule has 2 fully saturated rings. The summed E-state index contributed by atoms with van der Waals surface area (Å²) in [6.45, 7) is 7.75. The van der Waals surface area contributed by atoms with E-state index in [-0.39, 0.29) is 22.3 Å². The zero-order chi connectivity index (χ0) is 24.1. The Kier molecular flexibility index (Phi) is 5.47. The SMILES string of the molecule is CC(C)(C)OC(=O)N1CCC12CCN(c1ccc3ncnc(Nc4cccc(Cl)c4F)c3n1)C2. The molecule has 1 spiro atoms. The Bertz CT molecular complexity index is 1270. The number of pyridine rings is 1. The molecule has 4 heterocycles. The molecule has 0 saturated carbocycles. The number of amides is 1. The van der Waals surface area contributed by atoms with Crippen molar-refractivity contribution in [3.63, 3.8) is 0 Å². The van der Waals surface area contributed by atoms with Crippen LogP contribution >= 0.6 is 11.6 Å². The fourth-order valence-electron chi connectivity index (χ4n) is 4.54. The molecule has 0 bridgehead atoms. The van der Waals surface area contributed by atoms with Crippen LogP contribution in [0.25, 0.3) is 11.0 Å². The number of halogens is 2. The molecule has 1 amide bonds. The third-order valence-corrected chi connectivity index (χ3v) is 6.61. The van der Waals surface area contributed by atoms with Crippen molar-refractivity contribution in [1.29, 1.82) is 0 Å². The number of nitrogens with one attached hydrogen (secondary N) is 1. The largest absolute Gasteiger partial charge is 0.444 e. The monoisotopic (exact) mass is 484 g/mol. The standard InChI is InChI=1S/C24H26ClFN6O2/c1-23(2,3)34-22(33)32-12-10-24(32)9-11-31(13-24)18-8-7-17-20(30-18)21(28-14-27-17)29-16-6-4-5-15(25)19(16)26/h4-8,14H,9-13H2,1-3H3,(H,27,28,29). The van der Waals surface area contributed by atoms with E-state index in [4.69, 9.17) is 21.3 Å². The van der Waals surface area contributed by atoms with Crippen molar-refractivity contribution in [3.05, 3.63) is 47.5 Å². The lowest BCUT2D eigenvalue weighted by molar-refractivity contribution is -0.0362. The molecule has 5 rings (SSSR count). The van der Waals surface area contributed by atoms with Crippen LogP contribution in [0.3, 0.4) is 0 Å². The molecule has 2 aromatic heterocycles. The lowest BCUT2D eigenvalue weighted by Gasteiger charge is -2.50. The maximum Gasteiger partial charge on any atom is 0.410 e. The fraction of sp³-hybridized carbons (Fsp3) is 0.417. The van der Waals surface area contributed by atoms with Crippen LogP contribution in [0.5, 0.6) is 0 Å². The number of benzene rings is 1. The van der Waals surface area contributed by atoms with Gasteiger partial charge in [-0.2, -0.15) is 0 Å². The predicted molar refractivity (Wildman–Crippen MR) is 129 cm³/mol. The molecule has 2 saturated heterocycles. The van der Waals surface area contributed by atoms with Gasteiger partial charge in [0.2, 0.25) is 0 Å². The lowest BCUT2D eigenvalue weighted by atomic mass is 9.84. The second-order valence-corrected chi connectivity index (χ2v) is 10.2. The van der Waals surface area contributed by atoms with Gasteiger partial charge >= 0.3 is 6.09 Å². The topological polar surface area (TPSA) is 83.5 Å². The first-order valence-electron chi connectivity index (χ1n) is 11.2. The Morgan fingerprint density at radius 1 is 1.18 bits per heavy atom. The molecule has 178 valence electrons. The highest BCUT2D eigenvalue weighted by Crippen LogP contribution is 2.41. The van der Waals surface area contributed by atoms with Crippen LogP contribution in [0.2, 0.25) is 5.02 Å². The van der Waals surface area contributed by atoms with Gasteiger partial charge in [-0.3, -0.25) is 0 Å². The Morgan fingerprint density at radius 3 is 2.71 bits per heavy atom. The van der Waals surface area contributed by atoms with Crippen LogP contribution in [0.15, 0.2) is 36.7 Å². The fourth-order valence-corrected chi connectivity index (χ4v) is 4.72. The first-order chi connectivity index (χ1) is 16.2. The van der Waals surface area contributed by atoms with E-state index in [1.165, 1.54) is 12.4 Å². The summed E-state index contributed by atoms with van der Waals surface area (Å²) in [6.07, 6.45) is 2.92. The molecular weight excluding hydrogens is 459 g/mol. The van der Waals surface area contributed by atoms with Crippen LogP contribution in [0, 0.1) is 5.82 Å². The number of carbonyl (C=O) groups excluding carboxylic acids is 1. The highest BCUT2D eigenvalue weighted by Gasteiger charge is 2.52. The van der Waals surface area contributed by atoms with Gasteiger partial charge in [0.15, 0.2) is 11.6 Å². The lowest BCUT2D eigenvalue weighted by Crippen LogP contribution is -2.64. The minimum absolute atomic E-state index is 0.0226. The molecular formula is C24H26ClFN6O2. The molecule has 1 atom stereocenters. The van der Waals surface area contributed by atoms with E-state index < -0.39 is 11.4 Å². The molecule has 2 aliphatic rings. The van der Waals surface area contributed by atoms with Gasteiger partial charge < -0.3 is 19.9 Å². The number of nitrogens with zero attached hydrogens (tertiary/aromatic N) is 5. The van der Waals surface area contributed by atoms with Gasteiger partial charge in [-0.25, -0.2) is 24.1 Å². The van der Waals surface area contributed by atoms with Crippen molar-refractivity contribution in [2.75, 3.05) is 29.9 Å². The second-order valence-electron chi connectivity index (χ2n) is 9.76. The minimum Gasteiger partial charge on any atom is -0.444 e. The molecule has 34 heavy (non-hydrogen) atoms. The predicted octanol–water partition coefficient (Wildman–Crippen LogP) is 5.15. The average molecular weight is 485 g/mol. The van der Waals surface area contributed by atoms with Gasteiger partial charge in [0, 0.05) is 19.6 Å². The van der Waals surface area contributed by atoms with Gasteiger partial charge in [-0.1, -0.05) is 17.7 Å². The van der Waals surface area contributed by atoms with Gasteiger partial charge in [0.1, 0.15) is 23.3 Å². The summed E-state index contributed by atoms with van der Waals surface area (Å²) in [5, 5.41) is 3.02. The number of carbonyl (C=O) groups is 1. The van der Waals surface area contributed by atoms with Crippen molar-refractivity contribution in [3.8, 4) is 0 Å². The van der Waals surface area contributed by atoms with Gasteiger partial charge in [0.05, 0.1) is 21.8 Å². The number of anilines is 3. The zero-order valence-electron chi connectivity index (χ0n) is 19.3. The Labute approximate surface area is 202 Å². The molecule has 10 heteroatoms. The number of ether oxygens (including phenoxy) is 1. The summed E-state index contributed by atoms with van der Waals surface area (Å²) in [6, 6.07) is 8.52. The van der Waals surface area contributed by atoms with E-state index in [1.54, 1.807) is 12.1 Å². The second kappa shape index (κ2) is 8.23. The van der Waals surface area contributed by atoms with E-state index in [1.807, 2.05) is 37.8 Å². The summed E-state index contributed by atoms with van der Waals surface area (Å²) in [7, 11) is 0. The molecule has 3 aromatic rings. The average Bonchev–Trinajstić information content (AvgIpc) is 3.23. The zero-order valence-corrected chi connectivity index (χ0v) is 20.1. The number of fused-ring (bicyclic) bond motifs is 1. The molecule has 0 aliphatic carbocycles. The number of hydrogen-bond donors (Lipinski definition) is 1. The Balaban J connectivity index is 1.39. The van der Waals surface area contributed by atoms with Gasteiger partial charge in [-0.05, 0) is 57.9 Å². The normalized spacial score (nSPS) is 20.0. The summed E-state index contributed by atoms with van der Waals surface area (Å²) in [5.41, 5.74) is 0.603. The van der Waals surface area contributed by atoms with Crippen LogP contribution in [-0.4, -0.2) is 56.7 Å². The van der Waals surface area contributed by atoms with E-state index >= 15 is 0 Å². The molecule has 1 unspecified atom stereocenters. The van der Waals surface area contributed by atoms with Crippen molar-refractivity contribution >= 4 is 46.1 Å². The van der Waals surface area contributed by atoms with Crippen LogP contribution in [0.1, 0.15) is 33.6 Å². The smallest absolute Gasteiger partial charge is 0.410 e. The van der Waals surface area contributed by atoms with E-state index in [0.717, 1.165) is 25.2 Å². The highest BCUT2D eigenvalue weighted by molar-refractivity contribution is 6.31. The number of hydrogen-bond acceptors (Lipinski definition) is 7. The molecule has 0 radical (unpaired) electrons. The van der Waals surface area contributed by atoms with E-state index in [2.05, 4.69) is 20.2 Å². The van der Waals surface area contributed by atoms with Crippen LogP contribution in [-0.2, 0) is 4.74 Å². The Hall–Kier alpha value is -3.20. The minimum atomic E-state index is -0.555. The van der Waals surface area contributed by atoms with Crippen molar-refractivity contribution in [2.45, 2.75) is 44.8 Å². The third kappa shape index (κ3) is 4.09. The van der Waals surface area contributed by atoms with E-state index in [9.17, 15) is 9.18 Å². The molecule has 8 nitrogen and oxygen atoms in total. The quantitative estimate of drug-likeness (QED) is 0.550. The summed E-state index contributed by atoms with van der Waals surface area (Å²) < 4.78 is 20.0. The summed E-state index contributed by atoms with van der Waals surface area (Å²) >= 11 is 5.92. The summed E-state index contributed by atoms with van der Waals surface area (Å²) in [5.74, 6) is 0.589. The maximum absolute atomic E-state index is 14.4. The van der Waals surface area contributed by atoms with Crippen LogP contribution in [0.4, 0.5) is 26.5 Å². The van der Waals surface area contributed by atoms with Gasteiger partial charge in [0.25, 0.3) is 0 Å². The van der Waals surface area contributed by atoms with Crippen molar-refractivity contribution in [2.24, 2.45) is 0 Å². The van der Waals surface area contributed by atoms with Crippen molar-refractivity contribution in [1.82, 2.24) is 19.9 Å². The third-order valence-electron chi connectivity index (χ3n) is 6.32. The maximum atomic E-state index is 14.4. The first kappa shape index (κ1) is 22.6. The molecule has 2 aliphatic heterocycles. The van der Waals surface area contributed by atoms with E-state index in [0.29, 0.717) is 29.9 Å². The van der Waals surface area contributed by atoms with Gasteiger partial charge in [-0.15, -0.1) is 0 Å². The first-order valence-corrected chi connectivity index (χ1v) is 11.6. The van der Waals surface area contributed by atoms with Crippen LogP contribution < -0.4 is 10.2 Å². The number of rotatable bonds is 3. The molecule has 1 aromatic carbocycles. The highest BCUT2D eigenvalue weighted by atomic mass is 35.5. The number of aromatic nitrogens is 3. The number of likely N-dealkylation sites (tertiary alicyclic amines) is 1. The summed E-state index contributed by atoms with van der Waals surface area (Å²) in [4.78, 5) is 30.1. The Morgan fingerprint density at radius 2 is 1.97 bits per heavy atom. The van der Waals surface area contributed by atoms with Crippen molar-refractivity contribution < 1.29 is 13.9 Å². The molecule has 1 N–H and O–H groups in total.